The van der Waals surface area contributed by atoms with E-state index in [2.05, 4.69) is 5.32 Å². The van der Waals surface area contributed by atoms with Crippen molar-refractivity contribution in [1.82, 2.24) is 10.2 Å². The lowest BCUT2D eigenvalue weighted by atomic mass is 9.83. The van der Waals surface area contributed by atoms with Gasteiger partial charge in [-0.15, -0.1) is 0 Å². The van der Waals surface area contributed by atoms with Crippen molar-refractivity contribution in [2.24, 2.45) is 5.92 Å². The van der Waals surface area contributed by atoms with Crippen LogP contribution in [0.3, 0.4) is 0 Å². The molecule has 1 saturated heterocycles. The minimum absolute atomic E-state index is 0.0191. The lowest BCUT2D eigenvalue weighted by molar-refractivity contribution is -0.141. The van der Waals surface area contributed by atoms with Crippen LogP contribution in [0.4, 0.5) is 4.39 Å². The molecule has 0 bridgehead atoms. The quantitative estimate of drug-likeness (QED) is 0.931. The molecule has 2 aliphatic rings. The van der Waals surface area contributed by atoms with Crippen LogP contribution in [0, 0.1) is 11.7 Å². The van der Waals surface area contributed by atoms with Gasteiger partial charge in [-0.25, -0.2) is 4.39 Å². The van der Waals surface area contributed by atoms with E-state index in [-0.39, 0.29) is 35.6 Å². The molecule has 2 atom stereocenters. The fourth-order valence-corrected chi connectivity index (χ4v) is 3.81. The molecule has 2 fully saturated rings. The second kappa shape index (κ2) is 6.69. The van der Waals surface area contributed by atoms with E-state index in [1.165, 1.54) is 12.1 Å². The minimum atomic E-state index is -0.321. The van der Waals surface area contributed by atoms with Crippen molar-refractivity contribution in [2.75, 3.05) is 7.05 Å². The maximum atomic E-state index is 13.2. The van der Waals surface area contributed by atoms with E-state index in [4.69, 9.17) is 0 Å². The standard InChI is InChI=1S/C18H23FN2O2/c1-21-16(22)11-10-15(18(23)20-14-4-2-3-5-14)17(21)12-6-8-13(19)9-7-12/h6-9,14-15,17H,2-5,10-11H2,1H3,(H,20,23). The molecule has 1 aromatic carbocycles. The number of carbonyl (C=O) groups is 2. The average molecular weight is 318 g/mol. The predicted octanol–water partition coefficient (Wildman–Crippen LogP) is 2.79. The zero-order chi connectivity index (χ0) is 16.4. The predicted molar refractivity (Wildman–Crippen MR) is 85.0 cm³/mol. The summed E-state index contributed by atoms with van der Waals surface area (Å²) in [6.07, 6.45) is 5.33. The van der Waals surface area contributed by atoms with Crippen molar-refractivity contribution >= 4 is 11.8 Å². The highest BCUT2D eigenvalue weighted by Crippen LogP contribution is 2.36. The zero-order valence-corrected chi connectivity index (χ0v) is 13.4. The van der Waals surface area contributed by atoms with Gasteiger partial charge in [0.2, 0.25) is 11.8 Å². The number of hydrogen-bond acceptors (Lipinski definition) is 2. The van der Waals surface area contributed by atoms with Crippen LogP contribution < -0.4 is 5.32 Å². The van der Waals surface area contributed by atoms with Crippen LogP contribution in [0.5, 0.6) is 0 Å². The first-order valence-corrected chi connectivity index (χ1v) is 8.38. The Morgan fingerprint density at radius 2 is 1.83 bits per heavy atom. The second-order valence-corrected chi connectivity index (χ2v) is 6.64. The number of amides is 2. The molecular formula is C18H23FN2O2. The fourth-order valence-electron chi connectivity index (χ4n) is 3.81. The minimum Gasteiger partial charge on any atom is -0.353 e. The zero-order valence-electron chi connectivity index (χ0n) is 13.4. The van der Waals surface area contributed by atoms with E-state index in [0.717, 1.165) is 31.2 Å². The summed E-state index contributed by atoms with van der Waals surface area (Å²) in [6, 6.07) is 6.05. The summed E-state index contributed by atoms with van der Waals surface area (Å²) in [6.45, 7) is 0. The Bertz CT molecular complexity index is 581. The highest BCUT2D eigenvalue weighted by molar-refractivity contribution is 5.85. The van der Waals surface area contributed by atoms with Crippen LogP contribution in [0.1, 0.15) is 50.1 Å². The Hall–Kier alpha value is -1.91. The van der Waals surface area contributed by atoms with Gasteiger partial charge in [0.05, 0.1) is 12.0 Å². The Labute approximate surface area is 136 Å². The number of halogens is 1. The highest BCUT2D eigenvalue weighted by Gasteiger charge is 2.39. The van der Waals surface area contributed by atoms with Crippen LogP contribution in [-0.4, -0.2) is 29.8 Å². The molecule has 0 aromatic heterocycles. The average Bonchev–Trinajstić information content (AvgIpc) is 3.04. The molecule has 4 nitrogen and oxygen atoms in total. The van der Waals surface area contributed by atoms with Gasteiger partial charge in [-0.1, -0.05) is 25.0 Å². The molecule has 2 unspecified atom stereocenters. The normalized spacial score (nSPS) is 25.7. The topological polar surface area (TPSA) is 49.4 Å². The van der Waals surface area contributed by atoms with Crippen molar-refractivity contribution in [3.8, 4) is 0 Å². The molecule has 3 rings (SSSR count). The van der Waals surface area contributed by atoms with Gasteiger partial charge < -0.3 is 10.2 Å². The lowest BCUT2D eigenvalue weighted by Crippen LogP contribution is -2.48. The van der Waals surface area contributed by atoms with Crippen molar-refractivity contribution in [3.63, 3.8) is 0 Å². The highest BCUT2D eigenvalue weighted by atomic mass is 19.1. The molecule has 0 spiro atoms. The summed E-state index contributed by atoms with van der Waals surface area (Å²) in [7, 11) is 1.73. The number of nitrogens with one attached hydrogen (secondary N) is 1. The summed E-state index contributed by atoms with van der Waals surface area (Å²) in [4.78, 5) is 26.4. The molecule has 2 amide bonds. The first-order valence-electron chi connectivity index (χ1n) is 8.38. The fraction of sp³-hybridized carbons (Fsp3) is 0.556. The van der Waals surface area contributed by atoms with Gasteiger partial charge in [0.15, 0.2) is 0 Å². The Morgan fingerprint density at radius 3 is 2.48 bits per heavy atom. The lowest BCUT2D eigenvalue weighted by Gasteiger charge is -2.39. The first-order chi connectivity index (χ1) is 11.1. The largest absolute Gasteiger partial charge is 0.353 e. The third-order valence-corrected chi connectivity index (χ3v) is 5.11. The number of nitrogens with zero attached hydrogens (tertiary/aromatic N) is 1. The third-order valence-electron chi connectivity index (χ3n) is 5.11. The van der Waals surface area contributed by atoms with Gasteiger partial charge in [-0.2, -0.15) is 0 Å². The van der Waals surface area contributed by atoms with Crippen LogP contribution in [0.15, 0.2) is 24.3 Å². The molecular weight excluding hydrogens is 295 g/mol. The third kappa shape index (κ3) is 3.38. The van der Waals surface area contributed by atoms with E-state index in [1.807, 2.05) is 0 Å². The SMILES string of the molecule is CN1C(=O)CCC(C(=O)NC2CCCC2)C1c1ccc(F)cc1. The monoisotopic (exact) mass is 318 g/mol. The molecule has 124 valence electrons. The number of carbonyl (C=O) groups excluding carboxylic acids is 2. The molecule has 5 heteroatoms. The number of rotatable bonds is 3. The molecule has 1 saturated carbocycles. The van der Waals surface area contributed by atoms with Gasteiger partial charge in [-0.3, -0.25) is 9.59 Å². The van der Waals surface area contributed by atoms with E-state index in [9.17, 15) is 14.0 Å². The Balaban J connectivity index is 1.81. The van der Waals surface area contributed by atoms with Gasteiger partial charge in [0.25, 0.3) is 0 Å². The molecule has 1 aliphatic heterocycles. The molecule has 1 aromatic rings. The van der Waals surface area contributed by atoms with Gasteiger partial charge in [0, 0.05) is 19.5 Å². The van der Waals surface area contributed by atoms with E-state index in [1.54, 1.807) is 24.1 Å². The maximum absolute atomic E-state index is 13.2. The second-order valence-electron chi connectivity index (χ2n) is 6.64. The van der Waals surface area contributed by atoms with Crippen LogP contribution in [-0.2, 0) is 9.59 Å². The number of benzene rings is 1. The summed E-state index contributed by atoms with van der Waals surface area (Å²) in [5.74, 6) is -0.538. The van der Waals surface area contributed by atoms with E-state index < -0.39 is 0 Å². The molecule has 1 aliphatic carbocycles. The van der Waals surface area contributed by atoms with Crippen molar-refractivity contribution in [1.29, 1.82) is 0 Å². The van der Waals surface area contributed by atoms with Crippen molar-refractivity contribution in [2.45, 2.75) is 50.6 Å². The summed E-state index contributed by atoms with van der Waals surface area (Å²) in [5, 5.41) is 3.14. The molecule has 0 radical (unpaired) electrons. The number of likely N-dealkylation sites (tertiary alicyclic amines) is 1. The first kappa shape index (κ1) is 16.0. The summed E-state index contributed by atoms with van der Waals surface area (Å²) >= 11 is 0. The number of piperidine rings is 1. The summed E-state index contributed by atoms with van der Waals surface area (Å²) < 4.78 is 13.2. The molecule has 1 heterocycles. The Morgan fingerprint density at radius 1 is 1.17 bits per heavy atom. The van der Waals surface area contributed by atoms with Crippen molar-refractivity contribution in [3.05, 3.63) is 35.6 Å². The maximum Gasteiger partial charge on any atom is 0.225 e. The molecule has 1 N–H and O–H groups in total. The van der Waals surface area contributed by atoms with Gasteiger partial charge in [0.1, 0.15) is 5.82 Å². The van der Waals surface area contributed by atoms with E-state index >= 15 is 0 Å². The van der Waals surface area contributed by atoms with E-state index in [0.29, 0.717) is 12.8 Å². The van der Waals surface area contributed by atoms with Crippen LogP contribution in [0.2, 0.25) is 0 Å². The smallest absolute Gasteiger partial charge is 0.225 e. The van der Waals surface area contributed by atoms with Crippen LogP contribution in [0.25, 0.3) is 0 Å². The van der Waals surface area contributed by atoms with Crippen molar-refractivity contribution < 1.29 is 14.0 Å². The number of hydrogen-bond donors (Lipinski definition) is 1. The van der Waals surface area contributed by atoms with Gasteiger partial charge >= 0.3 is 0 Å². The Kier molecular flexibility index (Phi) is 4.64. The van der Waals surface area contributed by atoms with Crippen LogP contribution >= 0.6 is 0 Å². The summed E-state index contributed by atoms with van der Waals surface area (Å²) in [5.41, 5.74) is 0.813. The van der Waals surface area contributed by atoms with Gasteiger partial charge in [-0.05, 0) is 37.0 Å². The molecule has 23 heavy (non-hydrogen) atoms.